The monoisotopic (exact) mass is 234 g/mol. The summed E-state index contributed by atoms with van der Waals surface area (Å²) in [5.41, 5.74) is 1.05. The van der Waals surface area contributed by atoms with Crippen LogP contribution in [-0.2, 0) is 0 Å². The van der Waals surface area contributed by atoms with Gasteiger partial charge in [-0.25, -0.2) is 9.97 Å². The summed E-state index contributed by atoms with van der Waals surface area (Å²) in [5, 5.41) is 0. The third-order valence-corrected chi connectivity index (χ3v) is 3.19. The molecule has 0 amide bonds. The Labute approximate surface area is 104 Å². The summed E-state index contributed by atoms with van der Waals surface area (Å²) < 4.78 is 0. The summed E-state index contributed by atoms with van der Waals surface area (Å²) in [5.74, 6) is 0.892. The van der Waals surface area contributed by atoms with Gasteiger partial charge in [-0.2, -0.15) is 0 Å². The second-order valence-corrected chi connectivity index (χ2v) is 4.68. The highest BCUT2D eigenvalue weighted by atomic mass is 15.3. The second-order valence-electron chi connectivity index (χ2n) is 4.68. The lowest BCUT2D eigenvalue weighted by Gasteiger charge is -2.21. The zero-order valence-electron chi connectivity index (χ0n) is 10.9. The first-order chi connectivity index (χ1) is 8.29. The molecule has 0 radical (unpaired) electrons. The summed E-state index contributed by atoms with van der Waals surface area (Å²) in [6.45, 7) is 9.93. The van der Waals surface area contributed by atoms with Crippen molar-refractivity contribution in [2.45, 2.75) is 26.7 Å². The van der Waals surface area contributed by atoms with Crippen LogP contribution >= 0.6 is 0 Å². The van der Waals surface area contributed by atoms with E-state index in [-0.39, 0.29) is 0 Å². The van der Waals surface area contributed by atoms with Crippen LogP contribution in [0.1, 0.15) is 25.5 Å². The van der Waals surface area contributed by atoms with E-state index in [4.69, 9.17) is 0 Å². The summed E-state index contributed by atoms with van der Waals surface area (Å²) in [6.07, 6.45) is 4.30. The Kier molecular flexibility index (Phi) is 4.31. The van der Waals surface area contributed by atoms with Gasteiger partial charge in [0.1, 0.15) is 0 Å². The molecule has 0 aliphatic carbocycles. The van der Waals surface area contributed by atoms with Gasteiger partial charge >= 0.3 is 0 Å². The van der Waals surface area contributed by atoms with Crippen molar-refractivity contribution >= 4 is 5.95 Å². The third-order valence-electron chi connectivity index (χ3n) is 3.19. The van der Waals surface area contributed by atoms with Gasteiger partial charge in [-0.05, 0) is 38.9 Å². The van der Waals surface area contributed by atoms with Gasteiger partial charge in [-0.1, -0.05) is 6.92 Å². The fourth-order valence-electron chi connectivity index (χ4n) is 2.30. The first-order valence-corrected chi connectivity index (χ1v) is 6.56. The maximum absolute atomic E-state index is 4.51. The molecule has 0 atom stereocenters. The van der Waals surface area contributed by atoms with Gasteiger partial charge in [-0.15, -0.1) is 0 Å². The van der Waals surface area contributed by atoms with E-state index in [2.05, 4.69) is 26.7 Å². The van der Waals surface area contributed by atoms with E-state index in [9.17, 15) is 0 Å². The van der Waals surface area contributed by atoms with Gasteiger partial charge < -0.3 is 9.80 Å². The Bertz CT molecular complexity index is 353. The van der Waals surface area contributed by atoms with Crippen molar-refractivity contribution in [2.75, 3.05) is 37.6 Å². The largest absolute Gasteiger partial charge is 0.339 e. The average molecular weight is 234 g/mol. The first-order valence-electron chi connectivity index (χ1n) is 6.56. The van der Waals surface area contributed by atoms with Crippen LogP contribution in [0.25, 0.3) is 0 Å². The molecule has 4 nitrogen and oxygen atoms in total. The number of aryl methyl sites for hydroxylation is 1. The van der Waals surface area contributed by atoms with Gasteiger partial charge in [-0.3, -0.25) is 0 Å². The zero-order valence-corrected chi connectivity index (χ0v) is 10.9. The van der Waals surface area contributed by atoms with Crippen LogP contribution in [0.5, 0.6) is 0 Å². The number of anilines is 1. The molecule has 94 valence electrons. The number of hydrogen-bond donors (Lipinski definition) is 0. The van der Waals surface area contributed by atoms with Crippen molar-refractivity contribution < 1.29 is 0 Å². The van der Waals surface area contributed by atoms with Crippen LogP contribution in [0.2, 0.25) is 0 Å². The molecule has 2 rings (SSSR count). The van der Waals surface area contributed by atoms with Crippen molar-refractivity contribution in [2.24, 2.45) is 0 Å². The van der Waals surface area contributed by atoms with Crippen LogP contribution in [0.15, 0.2) is 12.3 Å². The molecule has 0 saturated carbocycles. The minimum atomic E-state index is 0.892. The quantitative estimate of drug-likeness (QED) is 0.797. The highest BCUT2D eigenvalue weighted by Crippen LogP contribution is 2.11. The lowest BCUT2D eigenvalue weighted by atomic mass is 10.3. The Morgan fingerprint density at radius 2 is 2.12 bits per heavy atom. The van der Waals surface area contributed by atoms with Crippen molar-refractivity contribution in [3.05, 3.63) is 18.0 Å². The molecule has 1 saturated heterocycles. The fraction of sp³-hybridized carbons (Fsp3) is 0.692. The van der Waals surface area contributed by atoms with E-state index in [1.165, 1.54) is 25.9 Å². The molecule has 17 heavy (non-hydrogen) atoms. The molecular weight excluding hydrogens is 212 g/mol. The predicted octanol–water partition coefficient (Wildman–Crippen LogP) is 1.71. The molecule has 1 aliphatic rings. The molecule has 1 aliphatic heterocycles. The number of hydrogen-bond acceptors (Lipinski definition) is 4. The van der Waals surface area contributed by atoms with Crippen molar-refractivity contribution in [1.82, 2.24) is 14.9 Å². The molecule has 2 heterocycles. The highest BCUT2D eigenvalue weighted by Gasteiger charge is 2.16. The SMILES string of the molecule is CCCN1CCCN(c2nccc(C)n2)CC1. The van der Waals surface area contributed by atoms with Crippen LogP contribution in [0.4, 0.5) is 5.95 Å². The van der Waals surface area contributed by atoms with E-state index in [0.717, 1.165) is 31.3 Å². The lowest BCUT2D eigenvalue weighted by molar-refractivity contribution is 0.294. The van der Waals surface area contributed by atoms with E-state index in [0.29, 0.717) is 0 Å². The van der Waals surface area contributed by atoms with Gasteiger partial charge in [0.2, 0.25) is 5.95 Å². The van der Waals surface area contributed by atoms with Gasteiger partial charge in [0.05, 0.1) is 0 Å². The van der Waals surface area contributed by atoms with E-state index < -0.39 is 0 Å². The average Bonchev–Trinajstić information content (AvgIpc) is 2.55. The maximum Gasteiger partial charge on any atom is 0.225 e. The fourth-order valence-corrected chi connectivity index (χ4v) is 2.30. The summed E-state index contributed by atoms with van der Waals surface area (Å²) in [4.78, 5) is 13.7. The molecule has 1 aromatic heterocycles. The highest BCUT2D eigenvalue weighted by molar-refractivity contribution is 5.30. The number of nitrogens with zero attached hydrogens (tertiary/aromatic N) is 4. The van der Waals surface area contributed by atoms with E-state index >= 15 is 0 Å². The first kappa shape index (κ1) is 12.3. The zero-order chi connectivity index (χ0) is 12.1. The summed E-state index contributed by atoms with van der Waals surface area (Å²) in [7, 11) is 0. The Morgan fingerprint density at radius 3 is 2.88 bits per heavy atom. The van der Waals surface area contributed by atoms with Crippen LogP contribution < -0.4 is 4.90 Å². The third kappa shape index (κ3) is 3.40. The lowest BCUT2D eigenvalue weighted by Crippen LogP contribution is -2.32. The Morgan fingerprint density at radius 1 is 1.24 bits per heavy atom. The molecule has 0 bridgehead atoms. The smallest absolute Gasteiger partial charge is 0.225 e. The van der Waals surface area contributed by atoms with Gasteiger partial charge in [0, 0.05) is 31.5 Å². The normalized spacial score (nSPS) is 18.1. The van der Waals surface area contributed by atoms with Gasteiger partial charge in [0.25, 0.3) is 0 Å². The van der Waals surface area contributed by atoms with Gasteiger partial charge in [0.15, 0.2) is 0 Å². The standard InChI is InChI=1S/C13H22N4/c1-3-7-16-8-4-9-17(11-10-16)13-14-6-5-12(2)15-13/h5-6H,3-4,7-11H2,1-2H3. The van der Waals surface area contributed by atoms with E-state index in [1.54, 1.807) is 0 Å². The Hall–Kier alpha value is -1.16. The van der Waals surface area contributed by atoms with Crippen LogP contribution in [0.3, 0.4) is 0 Å². The predicted molar refractivity (Wildman–Crippen MR) is 70.3 cm³/mol. The molecular formula is C13H22N4. The molecule has 1 fully saturated rings. The van der Waals surface area contributed by atoms with Crippen molar-refractivity contribution in [1.29, 1.82) is 0 Å². The summed E-state index contributed by atoms with van der Waals surface area (Å²) in [6, 6.07) is 1.95. The van der Waals surface area contributed by atoms with Crippen LogP contribution in [0, 0.1) is 6.92 Å². The minimum absolute atomic E-state index is 0.892. The molecule has 0 N–H and O–H groups in total. The molecule has 1 aromatic rings. The number of rotatable bonds is 3. The van der Waals surface area contributed by atoms with Crippen molar-refractivity contribution in [3.63, 3.8) is 0 Å². The van der Waals surface area contributed by atoms with E-state index in [1.807, 2.05) is 19.2 Å². The topological polar surface area (TPSA) is 32.3 Å². The minimum Gasteiger partial charge on any atom is -0.339 e. The summed E-state index contributed by atoms with van der Waals surface area (Å²) >= 11 is 0. The second kappa shape index (κ2) is 5.96. The Balaban J connectivity index is 1.99. The molecule has 0 unspecified atom stereocenters. The molecule has 0 aromatic carbocycles. The maximum atomic E-state index is 4.51. The van der Waals surface area contributed by atoms with Crippen LogP contribution in [-0.4, -0.2) is 47.6 Å². The molecule has 4 heteroatoms. The number of aromatic nitrogens is 2. The van der Waals surface area contributed by atoms with Crippen molar-refractivity contribution in [3.8, 4) is 0 Å². The molecule has 0 spiro atoms.